The van der Waals surface area contributed by atoms with Gasteiger partial charge in [0.05, 0.1) is 23.3 Å². The van der Waals surface area contributed by atoms with Crippen molar-refractivity contribution in [3.8, 4) is 12.1 Å². The van der Waals surface area contributed by atoms with E-state index in [9.17, 15) is 29.5 Å². The fraction of sp³-hybridized carbons (Fsp3) is 0.147. The molecule has 3 aromatic rings. The second-order valence-electron chi connectivity index (χ2n) is 10.1. The number of benzene rings is 3. The Morgan fingerprint density at radius 2 is 1.60 bits per heavy atom. The third-order valence-electron chi connectivity index (χ3n) is 6.93. The van der Waals surface area contributed by atoms with Gasteiger partial charge >= 0.3 is 0 Å². The number of allylic oxidation sites excluding steroid dienone is 4. The average molecular weight is 685 g/mol. The molecular formula is C34H30ClN6O4PS. The highest BCUT2D eigenvalue weighted by Gasteiger charge is 2.30. The van der Waals surface area contributed by atoms with Crippen molar-refractivity contribution in [1.29, 1.82) is 10.5 Å². The number of rotatable bonds is 12. The SMILES string of the molecule is CP1/C(=C\C=C\C=C(C(=O)Nc2cccc(C#N)c2)C(=O)Nc2cccc(C#N)c2)N(CCCNC(=O)CCl)c2ccc(SO)cc21. The first-order valence-corrected chi connectivity index (χ1v) is 17.4. The van der Waals surface area contributed by atoms with Crippen LogP contribution in [-0.4, -0.2) is 47.9 Å². The summed E-state index contributed by atoms with van der Waals surface area (Å²) < 4.78 is 9.62. The lowest BCUT2D eigenvalue weighted by Gasteiger charge is -2.22. The zero-order valence-corrected chi connectivity index (χ0v) is 27.7. The summed E-state index contributed by atoms with van der Waals surface area (Å²) in [6.07, 6.45) is 7.32. The summed E-state index contributed by atoms with van der Waals surface area (Å²) in [6, 6.07) is 22.5. The normalized spacial score (nSPS) is 14.2. The highest BCUT2D eigenvalue weighted by Crippen LogP contribution is 2.52. The zero-order chi connectivity index (χ0) is 33.8. The molecular weight excluding hydrogens is 655 g/mol. The quantitative estimate of drug-likeness (QED) is 0.0268. The van der Waals surface area contributed by atoms with Crippen LogP contribution in [0.3, 0.4) is 0 Å². The molecule has 3 aromatic carbocycles. The molecule has 1 atom stereocenters. The van der Waals surface area contributed by atoms with Crippen molar-refractivity contribution in [3.63, 3.8) is 0 Å². The van der Waals surface area contributed by atoms with Crippen LogP contribution < -0.4 is 26.2 Å². The van der Waals surface area contributed by atoms with Crippen molar-refractivity contribution < 1.29 is 18.9 Å². The molecule has 0 aromatic heterocycles. The molecule has 13 heteroatoms. The first-order valence-electron chi connectivity index (χ1n) is 14.3. The minimum absolute atomic E-state index is 0.103. The molecule has 238 valence electrons. The molecule has 10 nitrogen and oxygen atoms in total. The van der Waals surface area contributed by atoms with Gasteiger partial charge in [-0.05, 0) is 87.8 Å². The van der Waals surface area contributed by atoms with Crippen molar-refractivity contribution in [2.75, 3.05) is 41.2 Å². The second kappa shape index (κ2) is 17.1. The van der Waals surface area contributed by atoms with Crippen LogP contribution in [0.5, 0.6) is 0 Å². The van der Waals surface area contributed by atoms with E-state index in [1.165, 1.54) is 18.2 Å². The minimum atomic E-state index is -0.804. The number of nitrogens with zero attached hydrogens (tertiary/aromatic N) is 3. The van der Waals surface area contributed by atoms with Gasteiger partial charge in [0, 0.05) is 57.8 Å². The molecule has 0 radical (unpaired) electrons. The number of carbonyl (C=O) groups is 3. The smallest absolute Gasteiger partial charge is 0.261 e. The number of fused-ring (bicyclic) bond motifs is 1. The van der Waals surface area contributed by atoms with Crippen LogP contribution in [-0.2, 0) is 14.4 Å². The number of hydrogen-bond acceptors (Lipinski definition) is 8. The number of alkyl halides is 1. The van der Waals surface area contributed by atoms with Crippen LogP contribution >= 0.6 is 31.6 Å². The molecule has 0 fully saturated rings. The lowest BCUT2D eigenvalue weighted by molar-refractivity contribution is -0.119. The summed E-state index contributed by atoms with van der Waals surface area (Å²) in [5, 5.41) is 27.7. The molecule has 0 bridgehead atoms. The first kappa shape index (κ1) is 35.0. The van der Waals surface area contributed by atoms with E-state index in [1.807, 2.05) is 36.4 Å². The first-order chi connectivity index (χ1) is 22.8. The average Bonchev–Trinajstić information content (AvgIpc) is 3.35. The van der Waals surface area contributed by atoms with Crippen molar-refractivity contribution in [2.24, 2.45) is 0 Å². The second-order valence-corrected chi connectivity index (χ2v) is 13.1. The topological polar surface area (TPSA) is 158 Å². The maximum absolute atomic E-state index is 13.4. The Bertz CT molecular complexity index is 1770. The predicted molar refractivity (Wildman–Crippen MR) is 188 cm³/mol. The molecule has 47 heavy (non-hydrogen) atoms. The van der Waals surface area contributed by atoms with E-state index in [2.05, 4.69) is 27.5 Å². The lowest BCUT2D eigenvalue weighted by atomic mass is 10.1. The van der Waals surface area contributed by atoms with Crippen molar-refractivity contribution in [3.05, 3.63) is 113 Å². The van der Waals surface area contributed by atoms with E-state index in [-0.39, 0.29) is 17.4 Å². The summed E-state index contributed by atoms with van der Waals surface area (Å²) in [5.41, 5.74) is 3.22. The van der Waals surface area contributed by atoms with Crippen molar-refractivity contribution in [2.45, 2.75) is 11.3 Å². The highest BCUT2D eigenvalue weighted by atomic mass is 35.5. The largest absolute Gasteiger partial charge is 0.355 e. The standard InChI is InChI=1S/C34H30ClN6O4PS/c1-46-30-19-27(47-45)13-14-29(30)41(16-6-15-38-31(42)20-35)32(46)12-3-2-11-28(33(43)39-25-9-4-7-23(17-25)21-36)34(44)40-26-10-5-8-24(18-26)22-37/h2-5,7-14,17-19,45H,6,15-16,20H2,1H3,(H,38,42)(H,39,43)(H,40,44)/b3-2+,32-12-. The van der Waals surface area contributed by atoms with E-state index in [0.29, 0.717) is 54.1 Å². The molecule has 4 N–H and O–H groups in total. The summed E-state index contributed by atoms with van der Waals surface area (Å²) >= 11 is 6.28. The van der Waals surface area contributed by atoms with Crippen molar-refractivity contribution in [1.82, 2.24) is 5.32 Å². The van der Waals surface area contributed by atoms with Crippen LogP contribution in [0.1, 0.15) is 17.5 Å². The van der Waals surface area contributed by atoms with Gasteiger partial charge in [-0.2, -0.15) is 10.5 Å². The summed E-state index contributed by atoms with van der Waals surface area (Å²) in [7, 11) is -0.804. The molecule has 3 amide bonds. The number of carbonyl (C=O) groups excluding carboxylic acids is 3. The molecule has 1 aliphatic heterocycles. The van der Waals surface area contributed by atoms with Gasteiger partial charge in [-0.1, -0.05) is 24.3 Å². The third-order valence-corrected chi connectivity index (χ3v) is 9.80. The van der Waals surface area contributed by atoms with E-state index in [0.717, 1.165) is 21.3 Å². The van der Waals surface area contributed by atoms with Crippen LogP contribution in [0.4, 0.5) is 17.1 Å². The number of halogens is 1. The summed E-state index contributed by atoms with van der Waals surface area (Å²) in [4.78, 5) is 41.2. The Kier molecular flexibility index (Phi) is 12.7. The maximum Gasteiger partial charge on any atom is 0.261 e. The molecule has 1 unspecified atom stereocenters. The van der Waals surface area contributed by atoms with Gasteiger partial charge in [0.1, 0.15) is 11.5 Å². The van der Waals surface area contributed by atoms with Gasteiger partial charge in [0.2, 0.25) is 5.91 Å². The Hall–Kier alpha value is -4.90. The Morgan fingerprint density at radius 3 is 2.17 bits per heavy atom. The van der Waals surface area contributed by atoms with Gasteiger partial charge in [0.15, 0.2) is 0 Å². The highest BCUT2D eigenvalue weighted by molar-refractivity contribution is 7.93. The van der Waals surface area contributed by atoms with Crippen LogP contribution in [0.2, 0.25) is 0 Å². The summed E-state index contributed by atoms with van der Waals surface area (Å²) in [5.74, 6) is -1.71. The van der Waals surface area contributed by atoms with Gasteiger partial charge in [-0.25, -0.2) is 0 Å². The number of anilines is 3. The predicted octanol–water partition coefficient (Wildman–Crippen LogP) is 5.90. The Labute approximate surface area is 283 Å². The van der Waals surface area contributed by atoms with Crippen LogP contribution in [0.25, 0.3) is 0 Å². The molecule has 0 saturated heterocycles. The number of hydrogen-bond donors (Lipinski definition) is 4. The molecule has 1 heterocycles. The third kappa shape index (κ3) is 9.32. The summed E-state index contributed by atoms with van der Waals surface area (Å²) in [6.45, 7) is 3.18. The number of nitrogens with one attached hydrogen (secondary N) is 3. The monoisotopic (exact) mass is 684 g/mol. The molecule has 0 spiro atoms. The fourth-order valence-electron chi connectivity index (χ4n) is 4.71. The van der Waals surface area contributed by atoms with Gasteiger partial charge < -0.3 is 25.4 Å². The van der Waals surface area contributed by atoms with E-state index < -0.39 is 19.7 Å². The van der Waals surface area contributed by atoms with Crippen molar-refractivity contribution >= 4 is 71.7 Å². The van der Waals surface area contributed by atoms with E-state index >= 15 is 0 Å². The Morgan fingerprint density at radius 1 is 0.957 bits per heavy atom. The van der Waals surface area contributed by atoms with Crippen LogP contribution in [0.15, 0.2) is 107 Å². The van der Waals surface area contributed by atoms with E-state index in [1.54, 1.807) is 48.6 Å². The molecule has 4 rings (SSSR count). The zero-order valence-electron chi connectivity index (χ0n) is 25.2. The van der Waals surface area contributed by atoms with Gasteiger partial charge in [0.25, 0.3) is 11.8 Å². The fourth-order valence-corrected chi connectivity index (χ4v) is 7.19. The van der Waals surface area contributed by atoms with Crippen LogP contribution in [0, 0.1) is 22.7 Å². The number of amides is 3. The van der Waals surface area contributed by atoms with Gasteiger partial charge in [-0.15, -0.1) is 11.6 Å². The van der Waals surface area contributed by atoms with Gasteiger partial charge in [-0.3, -0.25) is 14.4 Å². The molecule has 0 saturated carbocycles. The molecule has 1 aliphatic rings. The lowest BCUT2D eigenvalue weighted by Crippen LogP contribution is -2.29. The Balaban J connectivity index is 1.62. The minimum Gasteiger partial charge on any atom is -0.355 e. The van der Waals surface area contributed by atoms with E-state index in [4.69, 9.17) is 11.6 Å². The maximum atomic E-state index is 13.4. The molecule has 0 aliphatic carbocycles. The number of nitriles is 2.